The molecule has 7 nitrogen and oxygen atoms in total. The molecule has 1 saturated heterocycles. The van der Waals surface area contributed by atoms with Gasteiger partial charge in [-0.05, 0) is 25.1 Å². The van der Waals surface area contributed by atoms with Crippen molar-refractivity contribution in [3.8, 4) is 0 Å². The molecule has 0 radical (unpaired) electrons. The van der Waals surface area contributed by atoms with E-state index in [1.165, 1.54) is 4.90 Å². The summed E-state index contributed by atoms with van der Waals surface area (Å²) in [5.41, 5.74) is 2.59. The average molecular weight is 376 g/mol. The smallest absolute Gasteiger partial charge is 0.360 e. The van der Waals surface area contributed by atoms with Gasteiger partial charge in [-0.1, -0.05) is 36.4 Å². The van der Waals surface area contributed by atoms with E-state index >= 15 is 0 Å². The van der Waals surface area contributed by atoms with E-state index in [9.17, 15) is 14.4 Å². The number of cyclic esters (lactones) is 1. The van der Waals surface area contributed by atoms with Crippen LogP contribution in [0.3, 0.4) is 0 Å². The van der Waals surface area contributed by atoms with Crippen molar-refractivity contribution in [2.24, 2.45) is 0 Å². The number of benzene rings is 2. The number of esters is 2. The lowest BCUT2D eigenvalue weighted by Gasteiger charge is -2.40. The Morgan fingerprint density at radius 2 is 1.75 bits per heavy atom. The first kappa shape index (κ1) is 16.6. The molecule has 5 rings (SSSR count). The van der Waals surface area contributed by atoms with Crippen molar-refractivity contribution < 1.29 is 23.9 Å². The van der Waals surface area contributed by atoms with Crippen LogP contribution in [0.25, 0.3) is 0 Å². The highest BCUT2D eigenvalue weighted by molar-refractivity contribution is 6.01. The SMILES string of the molecule is CC1=C(C(=O)OC2OC(=O)c3ccccc32)N2C(=O)C[C@H]2N1c1ccccc1. The Kier molecular flexibility index (Phi) is 3.52. The zero-order valence-corrected chi connectivity index (χ0v) is 15.0. The number of rotatable bonds is 3. The van der Waals surface area contributed by atoms with E-state index < -0.39 is 18.2 Å². The van der Waals surface area contributed by atoms with Gasteiger partial charge in [0.25, 0.3) is 6.29 Å². The van der Waals surface area contributed by atoms with Gasteiger partial charge in [-0.2, -0.15) is 0 Å². The lowest BCUT2D eigenvalue weighted by molar-refractivity contribution is -0.168. The summed E-state index contributed by atoms with van der Waals surface area (Å²) in [5.74, 6) is -1.36. The summed E-state index contributed by atoms with van der Waals surface area (Å²) in [4.78, 5) is 40.5. The maximum absolute atomic E-state index is 12.9. The predicted octanol–water partition coefficient (Wildman–Crippen LogP) is 2.71. The van der Waals surface area contributed by atoms with Crippen molar-refractivity contribution in [2.45, 2.75) is 25.8 Å². The van der Waals surface area contributed by atoms with Crippen molar-refractivity contribution >= 4 is 23.5 Å². The van der Waals surface area contributed by atoms with Crippen molar-refractivity contribution in [3.63, 3.8) is 0 Å². The molecule has 1 amide bonds. The topological polar surface area (TPSA) is 76.1 Å². The van der Waals surface area contributed by atoms with Crippen molar-refractivity contribution in [3.05, 3.63) is 77.1 Å². The Labute approximate surface area is 160 Å². The monoisotopic (exact) mass is 376 g/mol. The normalized spacial score (nSPS) is 22.6. The third kappa shape index (κ3) is 2.26. The maximum atomic E-state index is 12.9. The molecule has 0 N–H and O–H groups in total. The maximum Gasteiger partial charge on any atom is 0.360 e. The van der Waals surface area contributed by atoms with E-state index in [1.54, 1.807) is 31.2 Å². The van der Waals surface area contributed by atoms with Crippen LogP contribution in [0.1, 0.15) is 35.6 Å². The molecule has 3 aliphatic heterocycles. The molecule has 7 heteroatoms. The van der Waals surface area contributed by atoms with E-state index in [2.05, 4.69) is 0 Å². The number of carbonyl (C=O) groups is 3. The van der Waals surface area contributed by atoms with Crippen LogP contribution in [0.2, 0.25) is 0 Å². The molecule has 0 saturated carbocycles. The second-order valence-electron chi connectivity index (χ2n) is 6.82. The van der Waals surface area contributed by atoms with Crippen LogP contribution in [-0.4, -0.2) is 28.9 Å². The van der Waals surface area contributed by atoms with Crippen LogP contribution >= 0.6 is 0 Å². The molecular formula is C21H16N2O5. The standard InChI is InChI=1S/C21H16N2O5/c1-12-18(20(26)28-21-15-10-6-5-9-14(15)19(25)27-21)23-16(11-17(23)24)22(12)13-7-3-2-4-8-13/h2-10,16,21H,11H2,1H3/t16-,21?/m0/s1. The van der Waals surface area contributed by atoms with Crippen LogP contribution in [0.5, 0.6) is 0 Å². The first-order valence-electron chi connectivity index (χ1n) is 8.94. The number of ether oxygens (including phenoxy) is 2. The van der Waals surface area contributed by atoms with Gasteiger partial charge in [0, 0.05) is 16.9 Å². The number of amides is 1. The molecule has 1 unspecified atom stereocenters. The summed E-state index contributed by atoms with van der Waals surface area (Å²) >= 11 is 0. The molecule has 0 bridgehead atoms. The zero-order valence-electron chi connectivity index (χ0n) is 15.0. The van der Waals surface area contributed by atoms with Gasteiger partial charge in [0.05, 0.1) is 12.0 Å². The Hall–Kier alpha value is -3.61. The van der Waals surface area contributed by atoms with Crippen LogP contribution < -0.4 is 4.90 Å². The highest BCUT2D eigenvalue weighted by Crippen LogP contribution is 2.42. The highest BCUT2D eigenvalue weighted by atomic mass is 16.7. The van der Waals surface area contributed by atoms with E-state index in [1.807, 2.05) is 35.2 Å². The molecule has 1 fully saturated rings. The molecular weight excluding hydrogens is 360 g/mol. The van der Waals surface area contributed by atoms with E-state index in [4.69, 9.17) is 9.47 Å². The molecule has 2 aromatic rings. The van der Waals surface area contributed by atoms with Crippen LogP contribution in [0, 0.1) is 0 Å². The molecule has 3 heterocycles. The second-order valence-corrected chi connectivity index (χ2v) is 6.82. The fourth-order valence-electron chi connectivity index (χ4n) is 3.95. The number of fused-ring (bicyclic) bond motifs is 2. The fourth-order valence-corrected chi connectivity index (χ4v) is 3.95. The molecule has 3 aliphatic rings. The molecule has 0 aliphatic carbocycles. The lowest BCUT2D eigenvalue weighted by Crippen LogP contribution is -2.55. The number of allylic oxidation sites excluding steroid dienone is 1. The second kappa shape index (κ2) is 5.95. The summed E-state index contributed by atoms with van der Waals surface area (Å²) < 4.78 is 10.7. The number of β-lactam (4-membered cyclic amide) rings is 1. The third-order valence-corrected chi connectivity index (χ3v) is 5.26. The van der Waals surface area contributed by atoms with Gasteiger partial charge in [-0.25, -0.2) is 9.59 Å². The highest BCUT2D eigenvalue weighted by Gasteiger charge is 2.52. The van der Waals surface area contributed by atoms with Gasteiger partial charge in [-0.15, -0.1) is 0 Å². The van der Waals surface area contributed by atoms with Gasteiger partial charge in [0.15, 0.2) is 5.70 Å². The summed E-state index contributed by atoms with van der Waals surface area (Å²) in [6.45, 7) is 1.78. The minimum absolute atomic E-state index is 0.140. The first-order chi connectivity index (χ1) is 13.6. The van der Waals surface area contributed by atoms with E-state index in [-0.39, 0.29) is 17.8 Å². The largest absolute Gasteiger partial charge is 0.417 e. The Balaban J connectivity index is 1.46. The quantitative estimate of drug-likeness (QED) is 0.606. The first-order valence-corrected chi connectivity index (χ1v) is 8.94. The molecule has 0 aromatic heterocycles. The van der Waals surface area contributed by atoms with Crippen molar-refractivity contribution in [1.82, 2.24) is 4.90 Å². The number of para-hydroxylation sites is 1. The van der Waals surface area contributed by atoms with E-state index in [0.717, 1.165) is 5.69 Å². The number of carbonyl (C=O) groups excluding carboxylic acids is 3. The third-order valence-electron chi connectivity index (χ3n) is 5.26. The Morgan fingerprint density at radius 3 is 2.50 bits per heavy atom. The Bertz CT molecular complexity index is 1050. The summed E-state index contributed by atoms with van der Waals surface area (Å²) in [5, 5.41) is 0. The number of anilines is 1. The van der Waals surface area contributed by atoms with Crippen LogP contribution in [-0.2, 0) is 19.1 Å². The minimum Gasteiger partial charge on any atom is -0.417 e. The summed E-state index contributed by atoms with van der Waals surface area (Å²) in [6, 6.07) is 16.3. The molecule has 2 aromatic carbocycles. The van der Waals surface area contributed by atoms with E-state index in [0.29, 0.717) is 23.2 Å². The van der Waals surface area contributed by atoms with Crippen molar-refractivity contribution in [2.75, 3.05) is 4.90 Å². The van der Waals surface area contributed by atoms with Crippen molar-refractivity contribution in [1.29, 1.82) is 0 Å². The van der Waals surface area contributed by atoms with Crippen LogP contribution in [0.15, 0.2) is 66.0 Å². The predicted molar refractivity (Wildman–Crippen MR) is 97.6 cm³/mol. The summed E-state index contributed by atoms with van der Waals surface area (Å²) in [6.07, 6.45) is -1.03. The molecule has 140 valence electrons. The average Bonchev–Trinajstić information content (AvgIpc) is 3.14. The van der Waals surface area contributed by atoms with Gasteiger partial charge in [0.1, 0.15) is 6.17 Å². The number of nitrogens with zero attached hydrogens (tertiary/aromatic N) is 2. The lowest BCUT2D eigenvalue weighted by atomic mass is 10.1. The Morgan fingerprint density at radius 1 is 1.04 bits per heavy atom. The van der Waals surface area contributed by atoms with Crippen LogP contribution in [0.4, 0.5) is 5.69 Å². The molecule has 28 heavy (non-hydrogen) atoms. The zero-order chi connectivity index (χ0) is 19.4. The van der Waals surface area contributed by atoms with Gasteiger partial charge in [-0.3, -0.25) is 9.69 Å². The molecule has 0 spiro atoms. The number of hydrogen-bond acceptors (Lipinski definition) is 6. The van der Waals surface area contributed by atoms with Gasteiger partial charge >= 0.3 is 11.9 Å². The molecule has 2 atom stereocenters. The number of hydrogen-bond donors (Lipinski definition) is 0. The fraction of sp³-hybridized carbons (Fsp3) is 0.190. The van der Waals surface area contributed by atoms with Gasteiger partial charge in [0.2, 0.25) is 5.91 Å². The summed E-state index contributed by atoms with van der Waals surface area (Å²) in [7, 11) is 0. The van der Waals surface area contributed by atoms with Gasteiger partial charge < -0.3 is 14.4 Å². The minimum atomic E-state index is -1.11.